The molecule has 0 unspecified atom stereocenters. The summed E-state index contributed by atoms with van der Waals surface area (Å²) in [5, 5.41) is 22.4. The molecule has 0 bridgehead atoms. The van der Waals surface area contributed by atoms with Gasteiger partial charge in [-0.15, -0.1) is 15.3 Å². The summed E-state index contributed by atoms with van der Waals surface area (Å²) in [6.07, 6.45) is 0. The number of hydrogen-bond donors (Lipinski definition) is 3. The first-order chi connectivity index (χ1) is 10.3. The van der Waals surface area contributed by atoms with Crippen LogP contribution in [-0.4, -0.2) is 48.8 Å². The Kier molecular flexibility index (Phi) is 3.25. The summed E-state index contributed by atoms with van der Waals surface area (Å²) in [4.78, 5) is 15.9. The number of ether oxygens (including phenoxy) is 1. The summed E-state index contributed by atoms with van der Waals surface area (Å²) in [5.74, 6) is 0.342. The van der Waals surface area contributed by atoms with Gasteiger partial charge in [0.15, 0.2) is 0 Å². The minimum Gasteiger partial charge on any atom is -0.466 e. The van der Waals surface area contributed by atoms with Crippen molar-refractivity contribution in [3.63, 3.8) is 0 Å². The highest BCUT2D eigenvalue weighted by Crippen LogP contribution is 2.15. The van der Waals surface area contributed by atoms with Crippen molar-refractivity contribution >= 4 is 11.9 Å². The van der Waals surface area contributed by atoms with Gasteiger partial charge in [-0.25, -0.2) is 5.10 Å². The lowest BCUT2D eigenvalue weighted by molar-refractivity contribution is 0.102. The van der Waals surface area contributed by atoms with E-state index >= 15 is 0 Å². The third-order valence-electron chi connectivity index (χ3n) is 2.63. The van der Waals surface area contributed by atoms with Crippen molar-refractivity contribution in [1.82, 2.24) is 35.8 Å². The Labute approximate surface area is 117 Å². The van der Waals surface area contributed by atoms with Gasteiger partial charge in [0.2, 0.25) is 11.8 Å². The molecular formula is C11H10N8O2. The fraction of sp³-hybridized carbons (Fsp3) is 0.0909. The van der Waals surface area contributed by atoms with Gasteiger partial charge in [0.25, 0.3) is 5.91 Å². The second kappa shape index (κ2) is 5.36. The molecule has 0 fully saturated rings. The molecule has 0 radical (unpaired) electrons. The van der Waals surface area contributed by atoms with Crippen LogP contribution in [0.15, 0.2) is 24.3 Å². The lowest BCUT2D eigenvalue weighted by atomic mass is 10.1. The number of aromatic nitrogens is 7. The van der Waals surface area contributed by atoms with Crippen molar-refractivity contribution in [3.05, 3.63) is 29.8 Å². The van der Waals surface area contributed by atoms with Gasteiger partial charge in [-0.1, -0.05) is 12.1 Å². The van der Waals surface area contributed by atoms with E-state index in [9.17, 15) is 4.79 Å². The summed E-state index contributed by atoms with van der Waals surface area (Å²) in [7, 11) is 1.44. The average Bonchev–Trinajstić information content (AvgIpc) is 3.19. The number of tetrazole rings is 1. The van der Waals surface area contributed by atoms with Crippen LogP contribution in [0.1, 0.15) is 10.4 Å². The van der Waals surface area contributed by atoms with Gasteiger partial charge in [-0.05, 0) is 17.3 Å². The topological polar surface area (TPSA) is 134 Å². The number of amides is 1. The predicted octanol–water partition coefficient (Wildman–Crippen LogP) is 0.246. The first-order valence-electron chi connectivity index (χ1n) is 5.88. The zero-order chi connectivity index (χ0) is 14.7. The molecule has 0 aliphatic rings. The fourth-order valence-electron chi connectivity index (χ4n) is 1.63. The number of carbonyl (C=O) groups excluding carboxylic acids is 1. The van der Waals surface area contributed by atoms with E-state index in [2.05, 4.69) is 41.1 Å². The number of methoxy groups -OCH3 is 1. The van der Waals surface area contributed by atoms with E-state index in [1.54, 1.807) is 24.3 Å². The number of aromatic amines is 2. The largest absolute Gasteiger partial charge is 0.466 e. The number of benzene rings is 1. The lowest BCUT2D eigenvalue weighted by Crippen LogP contribution is -2.12. The maximum absolute atomic E-state index is 12.0. The number of nitrogens with zero attached hydrogens (tertiary/aromatic N) is 5. The molecule has 0 saturated carbocycles. The molecule has 1 aromatic carbocycles. The molecule has 10 nitrogen and oxygen atoms in total. The van der Waals surface area contributed by atoms with Crippen LogP contribution in [0, 0.1) is 0 Å². The molecule has 2 heterocycles. The van der Waals surface area contributed by atoms with Crippen molar-refractivity contribution in [2.75, 3.05) is 12.4 Å². The molecule has 3 aromatic rings. The van der Waals surface area contributed by atoms with E-state index in [1.165, 1.54) is 7.11 Å². The molecular weight excluding hydrogens is 276 g/mol. The molecule has 0 aliphatic carbocycles. The van der Waals surface area contributed by atoms with E-state index in [0.717, 1.165) is 5.56 Å². The molecule has 3 N–H and O–H groups in total. The highest BCUT2D eigenvalue weighted by Gasteiger charge is 2.10. The summed E-state index contributed by atoms with van der Waals surface area (Å²) in [6.45, 7) is 0. The molecule has 106 valence electrons. The molecule has 21 heavy (non-hydrogen) atoms. The van der Waals surface area contributed by atoms with Gasteiger partial charge in [0.05, 0.1) is 7.11 Å². The van der Waals surface area contributed by atoms with Crippen LogP contribution < -0.4 is 10.1 Å². The number of H-pyrrole nitrogens is 2. The first kappa shape index (κ1) is 12.7. The second-order valence-corrected chi connectivity index (χ2v) is 3.94. The standard InChI is InChI=1S/C11H10N8O2/c1-21-11-13-10(16-17-11)12-9(20)7-4-2-6(3-5-7)8-14-18-19-15-8/h2-5H,1H3,(H,14,15,18,19)(H2,12,13,16,17,20). The lowest BCUT2D eigenvalue weighted by Gasteiger charge is -2.02. The van der Waals surface area contributed by atoms with E-state index in [4.69, 9.17) is 4.74 Å². The third kappa shape index (κ3) is 2.68. The Morgan fingerprint density at radius 1 is 1.24 bits per heavy atom. The number of anilines is 1. The number of rotatable bonds is 4. The zero-order valence-corrected chi connectivity index (χ0v) is 10.9. The van der Waals surface area contributed by atoms with E-state index in [-0.39, 0.29) is 17.9 Å². The van der Waals surface area contributed by atoms with Gasteiger partial charge < -0.3 is 4.74 Å². The van der Waals surface area contributed by atoms with Gasteiger partial charge >= 0.3 is 6.01 Å². The fourth-order valence-corrected chi connectivity index (χ4v) is 1.63. The van der Waals surface area contributed by atoms with E-state index in [1.807, 2.05) is 0 Å². The number of nitrogens with one attached hydrogen (secondary N) is 3. The Balaban J connectivity index is 1.73. The van der Waals surface area contributed by atoms with Crippen molar-refractivity contribution in [2.24, 2.45) is 0 Å². The maximum Gasteiger partial charge on any atom is 0.336 e. The zero-order valence-electron chi connectivity index (χ0n) is 10.9. The Bertz CT molecular complexity index is 734. The molecule has 0 spiro atoms. The smallest absolute Gasteiger partial charge is 0.336 e. The summed E-state index contributed by atoms with van der Waals surface area (Å²) >= 11 is 0. The third-order valence-corrected chi connectivity index (χ3v) is 2.63. The minimum atomic E-state index is -0.325. The molecule has 1 amide bonds. The molecule has 0 aliphatic heterocycles. The summed E-state index contributed by atoms with van der Waals surface area (Å²) < 4.78 is 4.81. The van der Waals surface area contributed by atoms with Crippen LogP contribution >= 0.6 is 0 Å². The van der Waals surface area contributed by atoms with Crippen LogP contribution in [0.25, 0.3) is 11.4 Å². The van der Waals surface area contributed by atoms with E-state index in [0.29, 0.717) is 11.4 Å². The average molecular weight is 286 g/mol. The van der Waals surface area contributed by atoms with Crippen LogP contribution in [-0.2, 0) is 0 Å². The van der Waals surface area contributed by atoms with Crippen molar-refractivity contribution < 1.29 is 9.53 Å². The maximum atomic E-state index is 12.0. The highest BCUT2D eigenvalue weighted by atomic mass is 16.5. The monoisotopic (exact) mass is 286 g/mol. The van der Waals surface area contributed by atoms with Gasteiger partial charge in [-0.2, -0.15) is 10.2 Å². The predicted molar refractivity (Wildman–Crippen MR) is 70.5 cm³/mol. The van der Waals surface area contributed by atoms with Crippen LogP contribution in [0.5, 0.6) is 6.01 Å². The molecule has 3 rings (SSSR count). The Morgan fingerprint density at radius 2 is 2.05 bits per heavy atom. The van der Waals surface area contributed by atoms with Gasteiger partial charge in [-0.3, -0.25) is 10.1 Å². The first-order valence-corrected chi connectivity index (χ1v) is 5.88. The second-order valence-electron chi connectivity index (χ2n) is 3.94. The van der Waals surface area contributed by atoms with Crippen LogP contribution in [0.2, 0.25) is 0 Å². The number of hydrogen-bond acceptors (Lipinski definition) is 7. The Hall–Kier alpha value is -3.30. The summed E-state index contributed by atoms with van der Waals surface area (Å²) in [5.41, 5.74) is 1.21. The highest BCUT2D eigenvalue weighted by molar-refractivity contribution is 6.03. The van der Waals surface area contributed by atoms with Crippen LogP contribution in [0.4, 0.5) is 5.95 Å². The van der Waals surface area contributed by atoms with Gasteiger partial charge in [0.1, 0.15) is 0 Å². The van der Waals surface area contributed by atoms with Gasteiger partial charge in [0, 0.05) is 11.1 Å². The van der Waals surface area contributed by atoms with Crippen molar-refractivity contribution in [2.45, 2.75) is 0 Å². The molecule has 2 aromatic heterocycles. The minimum absolute atomic E-state index is 0.151. The molecule has 0 saturated heterocycles. The van der Waals surface area contributed by atoms with Crippen LogP contribution in [0.3, 0.4) is 0 Å². The summed E-state index contributed by atoms with van der Waals surface area (Å²) in [6, 6.07) is 6.89. The Morgan fingerprint density at radius 3 is 2.67 bits per heavy atom. The van der Waals surface area contributed by atoms with Crippen molar-refractivity contribution in [3.8, 4) is 17.4 Å². The quantitative estimate of drug-likeness (QED) is 0.625. The van der Waals surface area contributed by atoms with Crippen molar-refractivity contribution in [1.29, 1.82) is 0 Å². The normalized spacial score (nSPS) is 10.3. The molecule has 0 atom stereocenters. The molecule has 10 heteroatoms. The van der Waals surface area contributed by atoms with E-state index < -0.39 is 0 Å². The SMILES string of the molecule is COc1n[nH]c(NC(=O)c2ccc(-c3nn[nH]n3)cc2)n1. The number of carbonyl (C=O) groups is 1.